The smallest absolute Gasteiger partial charge is 0.342 e. The van der Waals surface area contributed by atoms with E-state index in [4.69, 9.17) is 19.5 Å². The van der Waals surface area contributed by atoms with Crippen molar-refractivity contribution in [1.29, 1.82) is 5.26 Å². The summed E-state index contributed by atoms with van der Waals surface area (Å²) in [5, 5.41) is 10.7. The Kier molecular flexibility index (Phi) is 7.65. The second-order valence-electron chi connectivity index (χ2n) is 6.86. The molecular weight excluding hydrogens is 408 g/mol. The molecule has 0 atom stereocenters. The predicted molar refractivity (Wildman–Crippen MR) is 121 cm³/mol. The Morgan fingerprint density at radius 2 is 1.72 bits per heavy atom. The number of anilines is 1. The molecule has 0 aliphatic carbocycles. The van der Waals surface area contributed by atoms with Gasteiger partial charge in [-0.3, -0.25) is 4.79 Å². The summed E-state index contributed by atoms with van der Waals surface area (Å²) in [6.45, 7) is 2.13. The van der Waals surface area contributed by atoms with Crippen LogP contribution in [0.15, 0.2) is 60.7 Å². The summed E-state index contributed by atoms with van der Waals surface area (Å²) >= 11 is 0. The van der Waals surface area contributed by atoms with Crippen LogP contribution in [-0.4, -0.2) is 38.7 Å². The lowest BCUT2D eigenvalue weighted by atomic mass is 10.1. The number of carbonyl (C=O) groups excluding carboxylic acids is 2. The SMILES string of the molecule is CCOc1ccc(N(CCC#N)C(=O)COC(=O)c2cc3ccccc3cc2OC)cc1. The van der Waals surface area contributed by atoms with Gasteiger partial charge in [0.2, 0.25) is 0 Å². The highest BCUT2D eigenvalue weighted by molar-refractivity contribution is 6.01. The number of methoxy groups -OCH3 is 1. The van der Waals surface area contributed by atoms with Crippen LogP contribution in [0.2, 0.25) is 0 Å². The first-order chi connectivity index (χ1) is 15.6. The lowest BCUT2D eigenvalue weighted by Gasteiger charge is -2.22. The van der Waals surface area contributed by atoms with Gasteiger partial charge in [0, 0.05) is 12.2 Å². The van der Waals surface area contributed by atoms with E-state index in [1.807, 2.05) is 37.3 Å². The topological polar surface area (TPSA) is 88.9 Å². The van der Waals surface area contributed by atoms with E-state index in [0.29, 0.717) is 23.8 Å². The average Bonchev–Trinajstić information content (AvgIpc) is 2.83. The Labute approximate surface area is 186 Å². The molecule has 0 radical (unpaired) electrons. The second-order valence-corrected chi connectivity index (χ2v) is 6.86. The van der Waals surface area contributed by atoms with Gasteiger partial charge in [0.05, 0.1) is 26.2 Å². The zero-order chi connectivity index (χ0) is 22.9. The molecule has 0 aliphatic rings. The molecule has 0 saturated carbocycles. The lowest BCUT2D eigenvalue weighted by Crippen LogP contribution is -2.35. The monoisotopic (exact) mass is 432 g/mol. The molecule has 0 fully saturated rings. The van der Waals surface area contributed by atoms with Crippen molar-refractivity contribution in [2.45, 2.75) is 13.3 Å². The molecule has 32 heavy (non-hydrogen) atoms. The van der Waals surface area contributed by atoms with Crippen molar-refractivity contribution in [3.8, 4) is 17.6 Å². The second kappa shape index (κ2) is 10.8. The van der Waals surface area contributed by atoms with E-state index in [1.165, 1.54) is 12.0 Å². The van der Waals surface area contributed by atoms with Crippen LogP contribution in [0.4, 0.5) is 5.69 Å². The van der Waals surface area contributed by atoms with Crippen LogP contribution in [0.1, 0.15) is 23.7 Å². The molecular formula is C25H24N2O5. The van der Waals surface area contributed by atoms with Crippen LogP contribution in [0.25, 0.3) is 10.8 Å². The van der Waals surface area contributed by atoms with Gasteiger partial charge in [0.1, 0.15) is 17.1 Å². The summed E-state index contributed by atoms with van der Waals surface area (Å²) in [6, 6.07) is 20.0. The van der Waals surface area contributed by atoms with Gasteiger partial charge in [-0.15, -0.1) is 0 Å². The van der Waals surface area contributed by atoms with Crippen molar-refractivity contribution in [3.05, 3.63) is 66.2 Å². The Morgan fingerprint density at radius 1 is 1.03 bits per heavy atom. The summed E-state index contributed by atoms with van der Waals surface area (Å²) in [5.74, 6) is -0.0434. The van der Waals surface area contributed by atoms with E-state index < -0.39 is 18.5 Å². The number of benzene rings is 3. The first kappa shape index (κ1) is 22.6. The molecule has 0 spiro atoms. The van der Waals surface area contributed by atoms with Gasteiger partial charge in [-0.2, -0.15) is 5.26 Å². The van der Waals surface area contributed by atoms with Gasteiger partial charge in [0.25, 0.3) is 5.91 Å². The fourth-order valence-corrected chi connectivity index (χ4v) is 3.28. The molecule has 0 saturated heterocycles. The Bertz CT molecular complexity index is 1140. The summed E-state index contributed by atoms with van der Waals surface area (Å²) in [5.41, 5.74) is 0.830. The molecule has 3 aromatic carbocycles. The number of esters is 1. The maximum absolute atomic E-state index is 12.8. The number of hydrogen-bond donors (Lipinski definition) is 0. The van der Waals surface area contributed by atoms with E-state index in [2.05, 4.69) is 0 Å². The number of fused-ring (bicyclic) bond motifs is 1. The van der Waals surface area contributed by atoms with Crippen molar-refractivity contribution in [3.63, 3.8) is 0 Å². The van der Waals surface area contributed by atoms with E-state index in [0.717, 1.165) is 10.8 Å². The van der Waals surface area contributed by atoms with Crippen LogP contribution in [0, 0.1) is 11.3 Å². The fourth-order valence-electron chi connectivity index (χ4n) is 3.28. The number of rotatable bonds is 9. The average molecular weight is 432 g/mol. The first-order valence-corrected chi connectivity index (χ1v) is 10.2. The number of nitriles is 1. The molecule has 0 aliphatic heterocycles. The van der Waals surface area contributed by atoms with E-state index in [1.54, 1.807) is 36.4 Å². The highest BCUT2D eigenvalue weighted by atomic mass is 16.5. The molecule has 0 aromatic heterocycles. The molecule has 3 rings (SSSR count). The van der Waals surface area contributed by atoms with Gasteiger partial charge in [-0.25, -0.2) is 4.79 Å². The van der Waals surface area contributed by atoms with E-state index in [-0.39, 0.29) is 18.5 Å². The van der Waals surface area contributed by atoms with Crippen molar-refractivity contribution >= 4 is 28.3 Å². The quantitative estimate of drug-likeness (QED) is 0.467. The molecule has 0 N–H and O–H groups in total. The van der Waals surface area contributed by atoms with Crippen LogP contribution < -0.4 is 14.4 Å². The third-order valence-corrected chi connectivity index (χ3v) is 4.82. The zero-order valence-electron chi connectivity index (χ0n) is 18.0. The molecule has 164 valence electrons. The molecule has 0 unspecified atom stereocenters. The molecule has 0 heterocycles. The number of hydrogen-bond acceptors (Lipinski definition) is 6. The minimum atomic E-state index is -0.659. The Hall–Kier alpha value is -4.05. The van der Waals surface area contributed by atoms with Crippen LogP contribution in [-0.2, 0) is 9.53 Å². The van der Waals surface area contributed by atoms with Crippen LogP contribution in [0.5, 0.6) is 11.5 Å². The molecule has 7 heteroatoms. The van der Waals surface area contributed by atoms with E-state index >= 15 is 0 Å². The number of amides is 1. The van der Waals surface area contributed by atoms with Gasteiger partial charge < -0.3 is 19.1 Å². The lowest BCUT2D eigenvalue weighted by molar-refractivity contribution is -0.121. The fraction of sp³-hybridized carbons (Fsp3) is 0.240. The van der Waals surface area contributed by atoms with Crippen molar-refractivity contribution in [1.82, 2.24) is 0 Å². The van der Waals surface area contributed by atoms with E-state index in [9.17, 15) is 9.59 Å². The third-order valence-electron chi connectivity index (χ3n) is 4.82. The zero-order valence-corrected chi connectivity index (χ0v) is 18.0. The van der Waals surface area contributed by atoms with Crippen molar-refractivity contribution < 1.29 is 23.8 Å². The summed E-state index contributed by atoms with van der Waals surface area (Å²) in [7, 11) is 1.47. The largest absolute Gasteiger partial charge is 0.496 e. The molecule has 7 nitrogen and oxygen atoms in total. The van der Waals surface area contributed by atoms with Crippen LogP contribution in [0.3, 0.4) is 0 Å². The molecule has 3 aromatic rings. The maximum Gasteiger partial charge on any atom is 0.342 e. The summed E-state index contributed by atoms with van der Waals surface area (Å²) < 4.78 is 16.1. The highest BCUT2D eigenvalue weighted by Crippen LogP contribution is 2.27. The van der Waals surface area contributed by atoms with Gasteiger partial charge in [-0.05, 0) is 54.1 Å². The predicted octanol–water partition coefficient (Wildman–Crippen LogP) is 4.35. The minimum absolute atomic E-state index is 0.144. The summed E-state index contributed by atoms with van der Waals surface area (Å²) in [6.07, 6.45) is 0.144. The summed E-state index contributed by atoms with van der Waals surface area (Å²) in [4.78, 5) is 27.0. The maximum atomic E-state index is 12.8. The third kappa shape index (κ3) is 5.35. The van der Waals surface area contributed by atoms with Crippen LogP contribution >= 0.6 is 0 Å². The number of carbonyl (C=O) groups is 2. The number of nitrogens with zero attached hydrogens (tertiary/aromatic N) is 2. The van der Waals surface area contributed by atoms with Gasteiger partial charge in [-0.1, -0.05) is 24.3 Å². The minimum Gasteiger partial charge on any atom is -0.496 e. The van der Waals surface area contributed by atoms with Gasteiger partial charge >= 0.3 is 5.97 Å². The van der Waals surface area contributed by atoms with Crippen molar-refractivity contribution in [2.24, 2.45) is 0 Å². The highest BCUT2D eigenvalue weighted by Gasteiger charge is 2.20. The number of ether oxygens (including phenoxy) is 3. The molecule has 0 bridgehead atoms. The standard InChI is InChI=1S/C25H24N2O5/c1-3-31-21-11-9-20(10-12-21)27(14-6-13-26)24(28)17-32-25(29)22-15-18-7-4-5-8-19(18)16-23(22)30-2/h4-5,7-12,15-16H,3,6,14,17H2,1-2H3. The van der Waals surface area contributed by atoms with Gasteiger partial charge in [0.15, 0.2) is 6.61 Å². The Balaban J connectivity index is 1.74. The Morgan fingerprint density at radius 3 is 2.34 bits per heavy atom. The normalized spacial score (nSPS) is 10.3. The molecule has 1 amide bonds. The van der Waals surface area contributed by atoms with Crippen molar-refractivity contribution in [2.75, 3.05) is 31.8 Å². The first-order valence-electron chi connectivity index (χ1n) is 10.2.